The summed E-state index contributed by atoms with van der Waals surface area (Å²) < 4.78 is 28.8. The fourth-order valence-electron chi connectivity index (χ4n) is 4.22. The quantitative estimate of drug-likeness (QED) is 0.118. The number of ether oxygens (including phenoxy) is 4. The molecule has 7 nitrogen and oxygen atoms in total. The lowest BCUT2D eigenvalue weighted by atomic mass is 10.00. The van der Waals surface area contributed by atoms with Crippen molar-refractivity contribution >= 4 is 40.1 Å². The van der Waals surface area contributed by atoms with Crippen molar-refractivity contribution in [1.82, 2.24) is 4.98 Å². The first-order valence-corrected chi connectivity index (χ1v) is 13.3. The summed E-state index contributed by atoms with van der Waals surface area (Å²) in [5.74, 6) is 1.98. The van der Waals surface area contributed by atoms with Crippen molar-refractivity contribution in [1.29, 1.82) is 0 Å². The summed E-state index contributed by atoms with van der Waals surface area (Å²) in [5, 5.41) is 0.664. The summed E-state index contributed by atoms with van der Waals surface area (Å²) in [7, 11) is 3.07. The van der Waals surface area contributed by atoms with E-state index in [0.29, 0.717) is 63.5 Å². The van der Waals surface area contributed by atoms with Gasteiger partial charge in [-0.3, -0.25) is 4.79 Å². The van der Waals surface area contributed by atoms with Gasteiger partial charge in [0, 0.05) is 16.7 Å². The van der Waals surface area contributed by atoms with Gasteiger partial charge < -0.3 is 23.4 Å². The summed E-state index contributed by atoms with van der Waals surface area (Å²) in [5.41, 5.74) is 3.51. The second kappa shape index (κ2) is 12.6. The molecule has 5 aromatic rings. The van der Waals surface area contributed by atoms with Crippen LogP contribution in [0.4, 0.5) is 0 Å². The topological polar surface area (TPSA) is 80.0 Å². The van der Waals surface area contributed by atoms with Crippen LogP contribution in [0.2, 0.25) is 5.02 Å². The standard InChI is InChI=1S/C33H28ClNO6/c1-4-39-31-16-22(11-14-30(31)40-20-21-9-12-24(34)13-10-21)15-27(33-35-28-7-5-6-8-29(28)41-33)32(36)23-17-25(37-2)19-26(18-23)38-3/h5-19H,4,20H2,1-3H3. The molecule has 41 heavy (non-hydrogen) atoms. The molecule has 0 aliphatic carbocycles. The van der Waals surface area contributed by atoms with Crippen molar-refractivity contribution in [2.24, 2.45) is 0 Å². The molecule has 0 aliphatic rings. The van der Waals surface area contributed by atoms with Gasteiger partial charge in [-0.25, -0.2) is 4.98 Å². The van der Waals surface area contributed by atoms with E-state index in [-0.39, 0.29) is 17.2 Å². The number of Topliss-reactive ketones (excluding diaryl/α,β-unsaturated/α-hetero) is 1. The van der Waals surface area contributed by atoms with Gasteiger partial charge in [-0.05, 0) is 72.7 Å². The molecule has 0 atom stereocenters. The molecule has 0 saturated carbocycles. The molecule has 0 bridgehead atoms. The number of fused-ring (bicyclic) bond motifs is 1. The molecule has 5 rings (SSSR count). The third kappa shape index (κ3) is 6.53. The van der Waals surface area contributed by atoms with Crippen molar-refractivity contribution in [2.75, 3.05) is 20.8 Å². The fraction of sp³-hybridized carbons (Fsp3) is 0.152. The third-order valence-electron chi connectivity index (χ3n) is 6.27. The Kier molecular flexibility index (Phi) is 8.56. The number of hydrogen-bond acceptors (Lipinski definition) is 7. The zero-order chi connectivity index (χ0) is 28.8. The van der Waals surface area contributed by atoms with Crippen molar-refractivity contribution in [3.8, 4) is 23.0 Å². The second-order valence-electron chi connectivity index (χ2n) is 9.03. The minimum atomic E-state index is -0.310. The van der Waals surface area contributed by atoms with Crippen LogP contribution in [0.5, 0.6) is 23.0 Å². The van der Waals surface area contributed by atoms with E-state index < -0.39 is 0 Å². The van der Waals surface area contributed by atoms with Gasteiger partial charge >= 0.3 is 0 Å². The predicted octanol–water partition coefficient (Wildman–Crippen LogP) is 7.90. The minimum absolute atomic E-state index is 0.194. The molecule has 0 amide bonds. The number of nitrogens with zero attached hydrogens (tertiary/aromatic N) is 1. The van der Waals surface area contributed by atoms with Crippen LogP contribution in [0.1, 0.15) is 34.3 Å². The van der Waals surface area contributed by atoms with Crippen molar-refractivity contribution in [2.45, 2.75) is 13.5 Å². The number of methoxy groups -OCH3 is 2. The zero-order valence-corrected chi connectivity index (χ0v) is 23.6. The van der Waals surface area contributed by atoms with E-state index in [9.17, 15) is 4.79 Å². The zero-order valence-electron chi connectivity index (χ0n) is 22.8. The molecule has 208 valence electrons. The van der Waals surface area contributed by atoms with Gasteiger partial charge in [-0.1, -0.05) is 41.9 Å². The number of halogens is 1. The van der Waals surface area contributed by atoms with Gasteiger partial charge in [0.25, 0.3) is 0 Å². The van der Waals surface area contributed by atoms with Crippen LogP contribution in [0, 0.1) is 0 Å². The summed E-state index contributed by atoms with van der Waals surface area (Å²) in [6.07, 6.45) is 1.73. The van der Waals surface area contributed by atoms with Gasteiger partial charge in [0.2, 0.25) is 5.89 Å². The van der Waals surface area contributed by atoms with Crippen LogP contribution < -0.4 is 18.9 Å². The lowest BCUT2D eigenvalue weighted by Crippen LogP contribution is -2.05. The Bertz CT molecular complexity index is 1650. The number of para-hydroxylation sites is 2. The number of allylic oxidation sites excluding steroid dienone is 1. The maximum absolute atomic E-state index is 14.0. The van der Waals surface area contributed by atoms with E-state index in [1.807, 2.05) is 73.7 Å². The highest BCUT2D eigenvalue weighted by molar-refractivity contribution is 6.32. The van der Waals surface area contributed by atoms with Crippen molar-refractivity contribution in [3.05, 3.63) is 113 Å². The maximum atomic E-state index is 14.0. The number of rotatable bonds is 11. The van der Waals surface area contributed by atoms with Crippen LogP contribution in [-0.4, -0.2) is 31.6 Å². The third-order valence-corrected chi connectivity index (χ3v) is 6.52. The average molecular weight is 570 g/mol. The number of benzene rings is 4. The van der Waals surface area contributed by atoms with Crippen molar-refractivity contribution in [3.63, 3.8) is 0 Å². The highest BCUT2D eigenvalue weighted by Crippen LogP contribution is 2.33. The molecule has 0 radical (unpaired) electrons. The van der Waals surface area contributed by atoms with Gasteiger partial charge in [0.1, 0.15) is 23.6 Å². The van der Waals surface area contributed by atoms with E-state index in [1.54, 1.807) is 24.3 Å². The Hall–Kier alpha value is -4.75. The minimum Gasteiger partial charge on any atom is -0.497 e. The first-order valence-electron chi connectivity index (χ1n) is 13.0. The monoisotopic (exact) mass is 569 g/mol. The average Bonchev–Trinajstić information content (AvgIpc) is 3.44. The molecule has 0 fully saturated rings. The number of oxazole rings is 1. The van der Waals surface area contributed by atoms with Gasteiger partial charge in [0.15, 0.2) is 22.9 Å². The SMILES string of the molecule is CCOc1cc(C=C(C(=O)c2cc(OC)cc(OC)c2)c2nc3ccccc3o2)ccc1OCc1ccc(Cl)cc1. The van der Waals surface area contributed by atoms with Crippen molar-refractivity contribution < 1.29 is 28.2 Å². The summed E-state index contributed by atoms with van der Waals surface area (Å²) in [4.78, 5) is 18.6. The van der Waals surface area contributed by atoms with Gasteiger partial charge in [-0.15, -0.1) is 0 Å². The van der Waals surface area contributed by atoms with E-state index >= 15 is 0 Å². The van der Waals surface area contributed by atoms with Crippen LogP contribution in [0.15, 0.2) is 89.3 Å². The molecular formula is C33H28ClNO6. The fourth-order valence-corrected chi connectivity index (χ4v) is 4.34. The smallest absolute Gasteiger partial charge is 0.231 e. The van der Waals surface area contributed by atoms with Crippen LogP contribution >= 0.6 is 11.6 Å². The Balaban J connectivity index is 1.55. The molecule has 4 aromatic carbocycles. The Morgan fingerprint density at radius 2 is 1.61 bits per heavy atom. The summed E-state index contributed by atoms with van der Waals surface area (Å²) >= 11 is 6.00. The summed E-state index contributed by atoms with van der Waals surface area (Å²) in [6.45, 7) is 2.68. The molecule has 0 saturated heterocycles. The Labute approximate surface area is 242 Å². The van der Waals surface area contributed by atoms with E-state index in [1.165, 1.54) is 14.2 Å². The Morgan fingerprint density at radius 3 is 2.29 bits per heavy atom. The van der Waals surface area contributed by atoms with Gasteiger partial charge in [-0.2, -0.15) is 0 Å². The van der Waals surface area contributed by atoms with Crippen LogP contribution in [-0.2, 0) is 6.61 Å². The molecule has 1 aromatic heterocycles. The van der Waals surface area contributed by atoms with E-state index in [4.69, 9.17) is 35.0 Å². The van der Waals surface area contributed by atoms with Crippen LogP contribution in [0.25, 0.3) is 22.7 Å². The number of hydrogen-bond donors (Lipinski definition) is 0. The molecule has 0 N–H and O–H groups in total. The number of ketones is 1. The first kappa shape index (κ1) is 27.8. The Morgan fingerprint density at radius 1 is 0.878 bits per heavy atom. The lowest BCUT2D eigenvalue weighted by molar-refractivity contribution is 0.105. The predicted molar refractivity (Wildman–Crippen MR) is 159 cm³/mol. The molecule has 0 aliphatic heterocycles. The van der Waals surface area contributed by atoms with E-state index in [2.05, 4.69) is 4.98 Å². The number of aromatic nitrogens is 1. The number of carbonyl (C=O) groups excluding carboxylic acids is 1. The second-order valence-corrected chi connectivity index (χ2v) is 9.47. The molecule has 8 heteroatoms. The maximum Gasteiger partial charge on any atom is 0.231 e. The molecule has 1 heterocycles. The van der Waals surface area contributed by atoms with Gasteiger partial charge in [0.05, 0.1) is 26.4 Å². The number of carbonyl (C=O) groups is 1. The van der Waals surface area contributed by atoms with Crippen LogP contribution in [0.3, 0.4) is 0 Å². The highest BCUT2D eigenvalue weighted by atomic mass is 35.5. The largest absolute Gasteiger partial charge is 0.497 e. The normalized spacial score (nSPS) is 11.4. The molecular weight excluding hydrogens is 542 g/mol. The molecule has 0 unspecified atom stereocenters. The van der Waals surface area contributed by atoms with E-state index in [0.717, 1.165) is 5.56 Å². The lowest BCUT2D eigenvalue weighted by Gasteiger charge is -2.13. The summed E-state index contributed by atoms with van der Waals surface area (Å²) in [6, 6.07) is 25.3. The highest BCUT2D eigenvalue weighted by Gasteiger charge is 2.22. The first-order chi connectivity index (χ1) is 20.0. The molecule has 0 spiro atoms.